The van der Waals surface area contributed by atoms with E-state index in [0.717, 1.165) is 23.8 Å². The molecule has 0 aromatic heterocycles. The summed E-state index contributed by atoms with van der Waals surface area (Å²) >= 11 is 1.46. The number of carbonyl (C=O) groups excluding carboxylic acids is 1. The van der Waals surface area contributed by atoms with Crippen LogP contribution in [0, 0.1) is 6.92 Å². The highest BCUT2D eigenvalue weighted by Crippen LogP contribution is 2.30. The maximum absolute atomic E-state index is 12.0. The Kier molecular flexibility index (Phi) is 3.89. The first-order valence-corrected chi connectivity index (χ1v) is 7.46. The molecule has 0 bridgehead atoms. The summed E-state index contributed by atoms with van der Waals surface area (Å²) in [6.07, 6.45) is 1.91. The number of hydrogen-bond acceptors (Lipinski definition) is 4. The lowest BCUT2D eigenvalue weighted by Gasteiger charge is -2.27. The molecule has 5 heteroatoms. The van der Waals surface area contributed by atoms with E-state index in [2.05, 4.69) is 9.89 Å². The molecule has 1 aromatic carbocycles. The van der Waals surface area contributed by atoms with Crippen LogP contribution in [0.2, 0.25) is 0 Å². The molecule has 0 atom stereocenters. The number of aryl methyl sites for hydroxylation is 1. The number of thioether (sulfide) groups is 1. The predicted molar refractivity (Wildman–Crippen MR) is 81.6 cm³/mol. The van der Waals surface area contributed by atoms with Gasteiger partial charge in [0.25, 0.3) is 5.91 Å². The minimum Gasteiger partial charge on any atom is -0.378 e. The number of rotatable bonds is 1. The molecule has 0 N–H and O–H groups in total. The van der Waals surface area contributed by atoms with Gasteiger partial charge in [-0.15, -0.1) is 0 Å². The fourth-order valence-electron chi connectivity index (χ4n) is 2.10. The lowest BCUT2D eigenvalue weighted by molar-refractivity contribution is -0.113. The van der Waals surface area contributed by atoms with Crippen molar-refractivity contribution in [3.05, 3.63) is 40.3 Å². The van der Waals surface area contributed by atoms with Crippen molar-refractivity contribution in [2.75, 3.05) is 26.3 Å². The molecule has 0 spiro atoms. The molecule has 20 heavy (non-hydrogen) atoms. The summed E-state index contributed by atoms with van der Waals surface area (Å²) in [6.45, 7) is 5.05. The zero-order valence-corrected chi connectivity index (χ0v) is 12.2. The Morgan fingerprint density at radius 1 is 1.25 bits per heavy atom. The summed E-state index contributed by atoms with van der Waals surface area (Å²) in [5, 5.41) is 0.802. The fraction of sp³-hybridized carbons (Fsp3) is 0.333. The number of hydrogen-bond donors (Lipinski definition) is 0. The van der Waals surface area contributed by atoms with Crippen LogP contribution in [0.1, 0.15) is 11.1 Å². The van der Waals surface area contributed by atoms with Crippen molar-refractivity contribution >= 4 is 28.9 Å². The third-order valence-electron chi connectivity index (χ3n) is 3.27. The smallest absolute Gasteiger partial charge is 0.286 e. The zero-order chi connectivity index (χ0) is 13.9. The number of aliphatic imine (C=N–C) groups is 1. The van der Waals surface area contributed by atoms with E-state index in [4.69, 9.17) is 4.74 Å². The van der Waals surface area contributed by atoms with E-state index in [-0.39, 0.29) is 5.91 Å². The van der Waals surface area contributed by atoms with Crippen LogP contribution in [0.5, 0.6) is 0 Å². The van der Waals surface area contributed by atoms with Crippen LogP contribution >= 0.6 is 11.8 Å². The Labute approximate surface area is 122 Å². The van der Waals surface area contributed by atoms with Crippen molar-refractivity contribution in [3.8, 4) is 0 Å². The van der Waals surface area contributed by atoms with E-state index in [1.54, 1.807) is 0 Å². The zero-order valence-electron chi connectivity index (χ0n) is 11.3. The van der Waals surface area contributed by atoms with Gasteiger partial charge in [0, 0.05) is 13.1 Å². The highest BCUT2D eigenvalue weighted by molar-refractivity contribution is 8.18. The number of amidine groups is 1. The van der Waals surface area contributed by atoms with Gasteiger partial charge in [-0.1, -0.05) is 29.8 Å². The first kappa shape index (κ1) is 13.4. The molecule has 2 aliphatic rings. The van der Waals surface area contributed by atoms with Gasteiger partial charge >= 0.3 is 0 Å². The van der Waals surface area contributed by atoms with Crippen LogP contribution in [0.15, 0.2) is 34.2 Å². The van der Waals surface area contributed by atoms with E-state index in [9.17, 15) is 4.79 Å². The van der Waals surface area contributed by atoms with Crippen molar-refractivity contribution in [2.24, 2.45) is 4.99 Å². The second-order valence-corrected chi connectivity index (χ2v) is 5.83. The summed E-state index contributed by atoms with van der Waals surface area (Å²) in [5.74, 6) is -0.142. The van der Waals surface area contributed by atoms with Crippen LogP contribution in [0.25, 0.3) is 6.08 Å². The molecule has 0 saturated carbocycles. The number of amides is 1. The molecule has 1 amide bonds. The number of carbonyl (C=O) groups is 1. The summed E-state index contributed by atoms with van der Waals surface area (Å²) in [5.41, 5.74) is 2.24. The van der Waals surface area contributed by atoms with Crippen LogP contribution in [0.4, 0.5) is 0 Å². The van der Waals surface area contributed by atoms with Gasteiger partial charge in [-0.2, -0.15) is 4.99 Å². The monoisotopic (exact) mass is 288 g/mol. The predicted octanol–water partition coefficient (Wildman–Crippen LogP) is 2.30. The molecular weight excluding hydrogens is 272 g/mol. The first-order valence-electron chi connectivity index (χ1n) is 6.64. The van der Waals surface area contributed by atoms with Crippen LogP contribution in [-0.4, -0.2) is 42.3 Å². The molecule has 0 radical (unpaired) electrons. The van der Waals surface area contributed by atoms with Crippen molar-refractivity contribution < 1.29 is 9.53 Å². The maximum atomic E-state index is 12.0. The van der Waals surface area contributed by atoms with Crippen LogP contribution < -0.4 is 0 Å². The molecule has 1 saturated heterocycles. The Bertz CT molecular complexity index is 572. The molecule has 1 fully saturated rings. The van der Waals surface area contributed by atoms with Gasteiger partial charge in [0.1, 0.15) is 0 Å². The van der Waals surface area contributed by atoms with Gasteiger partial charge in [-0.3, -0.25) is 4.79 Å². The molecule has 3 rings (SSSR count). The minimum absolute atomic E-state index is 0.142. The lowest BCUT2D eigenvalue weighted by Crippen LogP contribution is -2.38. The number of morpholine rings is 1. The fourth-order valence-corrected chi connectivity index (χ4v) is 3.07. The molecule has 0 unspecified atom stereocenters. The van der Waals surface area contributed by atoms with E-state index in [1.165, 1.54) is 17.3 Å². The molecule has 4 nitrogen and oxygen atoms in total. The van der Waals surface area contributed by atoms with Gasteiger partial charge < -0.3 is 9.64 Å². The van der Waals surface area contributed by atoms with Crippen molar-refractivity contribution in [2.45, 2.75) is 6.92 Å². The number of nitrogens with zero attached hydrogens (tertiary/aromatic N) is 2. The van der Waals surface area contributed by atoms with Crippen molar-refractivity contribution in [1.29, 1.82) is 0 Å². The molecular formula is C15H16N2O2S. The van der Waals surface area contributed by atoms with Crippen molar-refractivity contribution in [1.82, 2.24) is 4.90 Å². The quantitative estimate of drug-likeness (QED) is 0.744. The lowest BCUT2D eigenvalue weighted by atomic mass is 10.1. The highest BCUT2D eigenvalue weighted by atomic mass is 32.2. The standard InChI is InChI=1S/C15H16N2O2S/c1-11-2-4-12(5-3-11)10-13-14(18)16-15(20-13)17-6-8-19-9-7-17/h2-5,10H,6-9H2,1H3/b13-10+. The average molecular weight is 288 g/mol. The van der Waals surface area contributed by atoms with E-state index >= 15 is 0 Å². The topological polar surface area (TPSA) is 41.9 Å². The molecule has 0 aliphatic carbocycles. The summed E-state index contributed by atoms with van der Waals surface area (Å²) in [6, 6.07) is 8.12. The normalized spacial score (nSPS) is 21.4. The van der Waals surface area contributed by atoms with Gasteiger partial charge in [0.15, 0.2) is 5.17 Å². The van der Waals surface area contributed by atoms with Crippen LogP contribution in [0.3, 0.4) is 0 Å². The minimum atomic E-state index is -0.142. The van der Waals surface area contributed by atoms with Gasteiger partial charge in [0.2, 0.25) is 0 Å². The SMILES string of the molecule is Cc1ccc(/C=C2/SC(N3CCOCC3)=NC2=O)cc1. The van der Waals surface area contributed by atoms with Gasteiger partial charge in [-0.05, 0) is 30.3 Å². The van der Waals surface area contributed by atoms with Crippen LogP contribution in [-0.2, 0) is 9.53 Å². The summed E-state index contributed by atoms with van der Waals surface area (Å²) < 4.78 is 5.31. The second-order valence-electron chi connectivity index (χ2n) is 4.82. The average Bonchev–Trinajstić information content (AvgIpc) is 2.84. The Morgan fingerprint density at radius 2 is 1.95 bits per heavy atom. The first-order chi connectivity index (χ1) is 9.72. The Hall–Kier alpha value is -1.59. The Balaban J connectivity index is 1.74. The third-order valence-corrected chi connectivity index (χ3v) is 4.31. The number of benzene rings is 1. The highest BCUT2D eigenvalue weighted by Gasteiger charge is 2.26. The summed E-state index contributed by atoms with van der Waals surface area (Å²) in [7, 11) is 0. The van der Waals surface area contributed by atoms with Crippen molar-refractivity contribution in [3.63, 3.8) is 0 Å². The largest absolute Gasteiger partial charge is 0.378 e. The van der Waals surface area contributed by atoms with Gasteiger partial charge in [-0.25, -0.2) is 0 Å². The maximum Gasteiger partial charge on any atom is 0.286 e. The van der Waals surface area contributed by atoms with E-state index in [0.29, 0.717) is 18.1 Å². The second kappa shape index (κ2) is 5.81. The molecule has 2 heterocycles. The molecule has 2 aliphatic heterocycles. The Morgan fingerprint density at radius 3 is 2.65 bits per heavy atom. The van der Waals surface area contributed by atoms with E-state index in [1.807, 2.05) is 37.3 Å². The van der Waals surface area contributed by atoms with E-state index < -0.39 is 0 Å². The van der Waals surface area contributed by atoms with Gasteiger partial charge in [0.05, 0.1) is 18.1 Å². The molecule has 1 aromatic rings. The molecule has 104 valence electrons. The summed E-state index contributed by atoms with van der Waals surface area (Å²) in [4.78, 5) is 18.9. The number of ether oxygens (including phenoxy) is 1. The third kappa shape index (κ3) is 2.94.